The summed E-state index contributed by atoms with van der Waals surface area (Å²) in [6.45, 7) is 4.25. The van der Waals surface area contributed by atoms with Crippen LogP contribution in [0, 0.1) is 5.41 Å². The monoisotopic (exact) mass is 260 g/mol. The predicted octanol–water partition coefficient (Wildman–Crippen LogP) is 0.435. The van der Waals surface area contributed by atoms with Crippen LogP contribution in [0.2, 0.25) is 0 Å². The van der Waals surface area contributed by atoms with E-state index in [1.54, 1.807) is 12.3 Å². The average Bonchev–Trinajstić information content (AvgIpc) is 2.47. The Morgan fingerprint density at radius 1 is 1.32 bits per heavy atom. The van der Waals surface area contributed by atoms with E-state index in [-0.39, 0.29) is 5.84 Å². The van der Waals surface area contributed by atoms with Gasteiger partial charge >= 0.3 is 0 Å². The van der Waals surface area contributed by atoms with Crippen molar-refractivity contribution in [2.45, 2.75) is 25.3 Å². The summed E-state index contributed by atoms with van der Waals surface area (Å²) in [5, 5.41) is 7.45. The van der Waals surface area contributed by atoms with Gasteiger partial charge in [-0.3, -0.25) is 10.3 Å². The van der Waals surface area contributed by atoms with Gasteiger partial charge in [0.25, 0.3) is 0 Å². The van der Waals surface area contributed by atoms with Gasteiger partial charge in [0.2, 0.25) is 5.95 Å². The molecule has 2 aliphatic heterocycles. The first-order valence-corrected chi connectivity index (χ1v) is 6.90. The van der Waals surface area contributed by atoms with Gasteiger partial charge in [0.1, 0.15) is 11.5 Å². The molecule has 1 aromatic rings. The van der Waals surface area contributed by atoms with Gasteiger partial charge in [0, 0.05) is 31.9 Å². The molecule has 0 spiro atoms. The molecule has 0 aliphatic carbocycles. The Morgan fingerprint density at radius 2 is 2.21 bits per heavy atom. The number of hydrogen-bond donors (Lipinski definition) is 2. The quantitative estimate of drug-likeness (QED) is 0.595. The number of fused-ring (bicyclic) bond motifs is 1. The van der Waals surface area contributed by atoms with Crippen molar-refractivity contribution in [3.63, 3.8) is 0 Å². The van der Waals surface area contributed by atoms with Crippen LogP contribution in [-0.4, -0.2) is 52.9 Å². The van der Waals surface area contributed by atoms with E-state index < -0.39 is 0 Å². The molecular formula is C13H20N6. The zero-order valence-electron chi connectivity index (χ0n) is 11.0. The molecule has 3 N–H and O–H groups in total. The first-order valence-electron chi connectivity index (χ1n) is 6.90. The maximum Gasteiger partial charge on any atom is 0.226 e. The second kappa shape index (κ2) is 5.13. The molecule has 0 radical (unpaired) electrons. The maximum absolute atomic E-state index is 7.45. The third-order valence-corrected chi connectivity index (χ3v) is 4.04. The molecule has 19 heavy (non-hydrogen) atoms. The number of nitrogens with one attached hydrogen (secondary N) is 1. The van der Waals surface area contributed by atoms with E-state index in [1.165, 1.54) is 25.8 Å². The summed E-state index contributed by atoms with van der Waals surface area (Å²) in [4.78, 5) is 13.5. The minimum absolute atomic E-state index is 0.0000441. The molecule has 0 amide bonds. The SMILES string of the molecule is N=C(N)c1ccnc(N2CCN3CCCCC3C2)n1. The molecule has 0 saturated carbocycles. The molecule has 102 valence electrons. The van der Waals surface area contributed by atoms with E-state index in [1.807, 2.05) is 0 Å². The van der Waals surface area contributed by atoms with Crippen LogP contribution >= 0.6 is 0 Å². The second-order valence-corrected chi connectivity index (χ2v) is 5.29. The lowest BCUT2D eigenvalue weighted by atomic mass is 10.00. The summed E-state index contributed by atoms with van der Waals surface area (Å²) in [5.41, 5.74) is 5.99. The van der Waals surface area contributed by atoms with Gasteiger partial charge in [-0.25, -0.2) is 9.97 Å². The molecular weight excluding hydrogens is 240 g/mol. The lowest BCUT2D eigenvalue weighted by molar-refractivity contribution is 0.133. The standard InChI is InChI=1S/C13H20N6/c14-12(15)11-4-5-16-13(17-11)19-8-7-18-6-2-1-3-10(18)9-19/h4-5,10H,1-3,6-9H2,(H3,14,15). The van der Waals surface area contributed by atoms with Crippen molar-refractivity contribution < 1.29 is 0 Å². The number of hydrogen-bond acceptors (Lipinski definition) is 5. The number of piperazine rings is 1. The van der Waals surface area contributed by atoms with Crippen LogP contribution in [-0.2, 0) is 0 Å². The highest BCUT2D eigenvalue weighted by molar-refractivity contribution is 5.93. The van der Waals surface area contributed by atoms with Crippen molar-refractivity contribution in [2.75, 3.05) is 31.1 Å². The highest BCUT2D eigenvalue weighted by atomic mass is 15.3. The number of rotatable bonds is 2. The average molecular weight is 260 g/mol. The number of nitrogens with two attached hydrogens (primary N) is 1. The van der Waals surface area contributed by atoms with E-state index in [9.17, 15) is 0 Å². The van der Waals surface area contributed by atoms with Crippen LogP contribution in [0.25, 0.3) is 0 Å². The summed E-state index contributed by atoms with van der Waals surface area (Å²) in [6.07, 6.45) is 5.60. The minimum Gasteiger partial charge on any atom is -0.382 e. The van der Waals surface area contributed by atoms with Crippen molar-refractivity contribution in [1.82, 2.24) is 14.9 Å². The maximum atomic E-state index is 7.45. The van der Waals surface area contributed by atoms with E-state index in [2.05, 4.69) is 19.8 Å². The van der Waals surface area contributed by atoms with Crippen LogP contribution in [0.15, 0.2) is 12.3 Å². The third kappa shape index (κ3) is 2.53. The van der Waals surface area contributed by atoms with Gasteiger partial charge < -0.3 is 10.6 Å². The second-order valence-electron chi connectivity index (χ2n) is 5.29. The van der Waals surface area contributed by atoms with Crippen molar-refractivity contribution in [3.8, 4) is 0 Å². The minimum atomic E-state index is -0.0000441. The number of aromatic nitrogens is 2. The van der Waals surface area contributed by atoms with E-state index in [0.29, 0.717) is 17.7 Å². The van der Waals surface area contributed by atoms with Gasteiger partial charge in [-0.15, -0.1) is 0 Å². The Bertz CT molecular complexity index is 474. The van der Waals surface area contributed by atoms with Crippen LogP contribution in [0.4, 0.5) is 5.95 Å². The highest BCUT2D eigenvalue weighted by Crippen LogP contribution is 2.23. The van der Waals surface area contributed by atoms with Crippen LogP contribution in [0.5, 0.6) is 0 Å². The van der Waals surface area contributed by atoms with Crippen LogP contribution in [0.3, 0.4) is 0 Å². The fourth-order valence-corrected chi connectivity index (χ4v) is 2.99. The summed E-state index contributed by atoms with van der Waals surface area (Å²) in [6, 6.07) is 2.31. The van der Waals surface area contributed by atoms with Crippen molar-refractivity contribution in [3.05, 3.63) is 18.0 Å². The lowest BCUT2D eigenvalue weighted by Crippen LogP contribution is -2.55. The number of amidine groups is 1. The van der Waals surface area contributed by atoms with Gasteiger partial charge in [0.15, 0.2) is 0 Å². The van der Waals surface area contributed by atoms with E-state index >= 15 is 0 Å². The van der Waals surface area contributed by atoms with Gasteiger partial charge in [0.05, 0.1) is 0 Å². The van der Waals surface area contributed by atoms with Crippen LogP contribution < -0.4 is 10.6 Å². The smallest absolute Gasteiger partial charge is 0.226 e. The normalized spacial score (nSPS) is 24.0. The molecule has 2 saturated heterocycles. The van der Waals surface area contributed by atoms with E-state index in [4.69, 9.17) is 11.1 Å². The molecule has 0 bridgehead atoms. The van der Waals surface area contributed by atoms with Gasteiger partial charge in [-0.1, -0.05) is 6.42 Å². The largest absolute Gasteiger partial charge is 0.382 e. The molecule has 3 heterocycles. The van der Waals surface area contributed by atoms with Crippen molar-refractivity contribution >= 4 is 11.8 Å². The summed E-state index contributed by atoms with van der Waals surface area (Å²) >= 11 is 0. The van der Waals surface area contributed by atoms with Crippen molar-refractivity contribution in [1.29, 1.82) is 5.41 Å². The number of nitrogens with zero attached hydrogens (tertiary/aromatic N) is 4. The Labute approximate surface area is 113 Å². The molecule has 1 atom stereocenters. The molecule has 3 rings (SSSR count). The molecule has 6 heteroatoms. The number of nitrogen functional groups attached to an aromatic ring is 1. The first-order chi connectivity index (χ1) is 9.24. The fraction of sp³-hybridized carbons (Fsp3) is 0.615. The van der Waals surface area contributed by atoms with Crippen molar-refractivity contribution in [2.24, 2.45) is 5.73 Å². The number of anilines is 1. The molecule has 6 nitrogen and oxygen atoms in total. The lowest BCUT2D eigenvalue weighted by Gasteiger charge is -2.44. The molecule has 0 aromatic carbocycles. The predicted molar refractivity (Wildman–Crippen MR) is 74.5 cm³/mol. The van der Waals surface area contributed by atoms with Gasteiger partial charge in [-0.05, 0) is 25.5 Å². The zero-order chi connectivity index (χ0) is 13.2. The Morgan fingerprint density at radius 3 is 3.05 bits per heavy atom. The Balaban J connectivity index is 1.75. The van der Waals surface area contributed by atoms with E-state index in [0.717, 1.165) is 19.6 Å². The molecule has 1 unspecified atom stereocenters. The third-order valence-electron chi connectivity index (χ3n) is 4.04. The van der Waals surface area contributed by atoms with Crippen LogP contribution in [0.1, 0.15) is 25.0 Å². The summed E-state index contributed by atoms with van der Waals surface area (Å²) in [7, 11) is 0. The first kappa shape index (κ1) is 12.3. The fourth-order valence-electron chi connectivity index (χ4n) is 2.99. The Kier molecular flexibility index (Phi) is 3.33. The molecule has 1 aromatic heterocycles. The topological polar surface area (TPSA) is 82.1 Å². The Hall–Kier alpha value is -1.69. The molecule has 2 aliphatic rings. The van der Waals surface area contributed by atoms with Gasteiger partial charge in [-0.2, -0.15) is 0 Å². The molecule has 2 fully saturated rings. The highest BCUT2D eigenvalue weighted by Gasteiger charge is 2.29. The summed E-state index contributed by atoms with van der Waals surface area (Å²) < 4.78 is 0. The zero-order valence-corrected chi connectivity index (χ0v) is 11.0. The summed E-state index contributed by atoms with van der Waals surface area (Å²) in [5.74, 6) is 0.706. The number of piperidine rings is 1.